The molecule has 2 fully saturated rings. The van der Waals surface area contributed by atoms with Gasteiger partial charge in [0.05, 0.1) is 13.2 Å². The first-order valence-corrected chi connectivity index (χ1v) is 7.40. The Balaban J connectivity index is 1.52. The van der Waals surface area contributed by atoms with Crippen molar-refractivity contribution < 1.29 is 9.53 Å². The number of ether oxygens (including phenoxy) is 1. The van der Waals surface area contributed by atoms with Gasteiger partial charge in [-0.05, 0) is 18.8 Å². The number of carbonyl (C=O) groups is 1. The molecular weight excluding hydrogens is 228 g/mol. The summed E-state index contributed by atoms with van der Waals surface area (Å²) < 4.78 is 5.22. The molecule has 2 aliphatic rings. The van der Waals surface area contributed by atoms with Crippen molar-refractivity contribution in [3.8, 4) is 0 Å². The van der Waals surface area contributed by atoms with Crippen LogP contribution in [0, 0.1) is 5.92 Å². The Morgan fingerprint density at radius 2 is 1.89 bits per heavy atom. The van der Waals surface area contributed by atoms with E-state index >= 15 is 0 Å². The summed E-state index contributed by atoms with van der Waals surface area (Å²) in [4.78, 5) is 13.5. The van der Waals surface area contributed by atoms with Crippen molar-refractivity contribution >= 4 is 6.03 Å². The van der Waals surface area contributed by atoms with Gasteiger partial charge in [-0.15, -0.1) is 0 Å². The van der Waals surface area contributed by atoms with E-state index in [0.29, 0.717) is 32.8 Å². The first-order chi connectivity index (χ1) is 8.86. The van der Waals surface area contributed by atoms with Crippen molar-refractivity contribution in [3.05, 3.63) is 0 Å². The number of hydrogen-bond donors (Lipinski definition) is 0. The zero-order valence-electron chi connectivity index (χ0n) is 11.3. The molecule has 0 aromatic heterocycles. The van der Waals surface area contributed by atoms with Crippen molar-refractivity contribution in [3.63, 3.8) is 0 Å². The van der Waals surface area contributed by atoms with E-state index in [1.165, 1.54) is 38.5 Å². The van der Waals surface area contributed by atoms with E-state index in [1.54, 1.807) is 4.90 Å². The van der Waals surface area contributed by atoms with Crippen LogP contribution < -0.4 is 5.32 Å². The average Bonchev–Trinajstić information content (AvgIpc) is 2.45. The second-order valence-corrected chi connectivity index (χ2v) is 5.41. The van der Waals surface area contributed by atoms with Gasteiger partial charge in [0.25, 0.3) is 0 Å². The standard InChI is InChI=1S/C14H25N2O2/c17-14(16-9-11-18-12-10-16)15-8-4-7-13-5-2-1-3-6-13/h13H,1-12H2. The molecule has 4 heteroatoms. The minimum Gasteiger partial charge on any atom is -0.378 e. The molecule has 0 aromatic rings. The van der Waals surface area contributed by atoms with E-state index in [4.69, 9.17) is 4.74 Å². The van der Waals surface area contributed by atoms with Crippen molar-refractivity contribution in [2.45, 2.75) is 44.9 Å². The summed E-state index contributed by atoms with van der Waals surface area (Å²) in [6.45, 7) is 3.41. The maximum Gasteiger partial charge on any atom is 0.339 e. The molecule has 18 heavy (non-hydrogen) atoms. The molecule has 2 amide bonds. The molecule has 1 aliphatic carbocycles. The van der Waals surface area contributed by atoms with Gasteiger partial charge < -0.3 is 9.64 Å². The van der Waals surface area contributed by atoms with Crippen LogP contribution in [0.5, 0.6) is 0 Å². The summed E-state index contributed by atoms with van der Waals surface area (Å²) in [7, 11) is 0. The summed E-state index contributed by atoms with van der Waals surface area (Å²) in [5, 5.41) is 4.16. The highest BCUT2D eigenvalue weighted by molar-refractivity contribution is 5.73. The molecule has 1 radical (unpaired) electrons. The number of nitrogens with zero attached hydrogens (tertiary/aromatic N) is 2. The van der Waals surface area contributed by atoms with Crippen LogP contribution in [0.1, 0.15) is 44.9 Å². The lowest BCUT2D eigenvalue weighted by Gasteiger charge is -2.26. The highest BCUT2D eigenvalue weighted by atomic mass is 16.5. The number of urea groups is 1. The fourth-order valence-electron chi connectivity index (χ4n) is 2.89. The molecule has 1 heterocycles. The third-order valence-electron chi connectivity index (χ3n) is 4.02. The quantitative estimate of drug-likeness (QED) is 0.722. The van der Waals surface area contributed by atoms with Crippen molar-refractivity contribution in [1.82, 2.24) is 10.2 Å². The lowest BCUT2D eigenvalue weighted by Crippen LogP contribution is -2.43. The second kappa shape index (κ2) is 7.62. The fraction of sp³-hybridized carbons (Fsp3) is 0.929. The van der Waals surface area contributed by atoms with Gasteiger partial charge in [0.15, 0.2) is 0 Å². The number of carbonyl (C=O) groups excluding carboxylic acids is 1. The number of rotatable bonds is 4. The summed E-state index contributed by atoms with van der Waals surface area (Å²) in [6.07, 6.45) is 9.30. The van der Waals surface area contributed by atoms with Crippen LogP contribution in [0.4, 0.5) is 4.79 Å². The predicted octanol–water partition coefficient (Wildman–Crippen LogP) is 2.40. The van der Waals surface area contributed by atoms with Crippen LogP contribution in [0.25, 0.3) is 0 Å². The number of hydrogen-bond acceptors (Lipinski definition) is 2. The highest BCUT2D eigenvalue weighted by Crippen LogP contribution is 2.26. The zero-order valence-corrected chi connectivity index (χ0v) is 11.3. The molecule has 0 bridgehead atoms. The first-order valence-electron chi connectivity index (χ1n) is 7.40. The van der Waals surface area contributed by atoms with Crippen molar-refractivity contribution in [2.24, 2.45) is 5.92 Å². The Morgan fingerprint density at radius 3 is 2.61 bits per heavy atom. The largest absolute Gasteiger partial charge is 0.378 e. The summed E-state index contributed by atoms with van der Waals surface area (Å²) in [6, 6.07) is -0.0399. The molecule has 0 N–H and O–H groups in total. The maximum absolute atomic E-state index is 11.8. The van der Waals surface area contributed by atoms with Gasteiger partial charge in [-0.2, -0.15) is 0 Å². The molecule has 4 nitrogen and oxygen atoms in total. The van der Waals surface area contributed by atoms with Gasteiger partial charge >= 0.3 is 6.03 Å². The minimum atomic E-state index is -0.0399. The molecular formula is C14H25N2O2. The van der Waals surface area contributed by atoms with E-state index in [9.17, 15) is 4.79 Å². The minimum absolute atomic E-state index is 0.0399. The summed E-state index contributed by atoms with van der Waals surface area (Å²) in [5.74, 6) is 0.896. The summed E-state index contributed by atoms with van der Waals surface area (Å²) in [5.41, 5.74) is 0. The van der Waals surface area contributed by atoms with Gasteiger partial charge in [0.2, 0.25) is 0 Å². The predicted molar refractivity (Wildman–Crippen MR) is 70.6 cm³/mol. The van der Waals surface area contributed by atoms with Crippen LogP contribution in [0.2, 0.25) is 0 Å². The lowest BCUT2D eigenvalue weighted by atomic mass is 9.86. The molecule has 0 unspecified atom stereocenters. The van der Waals surface area contributed by atoms with E-state index in [-0.39, 0.29) is 6.03 Å². The SMILES string of the molecule is O=C([N]CCCC1CCCCC1)N1CCOCC1. The van der Waals surface area contributed by atoms with Crippen molar-refractivity contribution in [2.75, 3.05) is 32.8 Å². The monoisotopic (exact) mass is 253 g/mol. The Hall–Kier alpha value is -0.770. The average molecular weight is 253 g/mol. The van der Waals surface area contributed by atoms with Gasteiger partial charge in [-0.1, -0.05) is 32.1 Å². The van der Waals surface area contributed by atoms with Gasteiger partial charge in [0.1, 0.15) is 0 Å². The lowest BCUT2D eigenvalue weighted by molar-refractivity contribution is 0.0530. The fourth-order valence-corrected chi connectivity index (χ4v) is 2.89. The number of amides is 2. The topological polar surface area (TPSA) is 43.6 Å². The third kappa shape index (κ3) is 4.48. The molecule has 103 valence electrons. The number of morpholine rings is 1. The highest BCUT2D eigenvalue weighted by Gasteiger charge is 2.17. The van der Waals surface area contributed by atoms with Gasteiger partial charge in [-0.3, -0.25) is 0 Å². The van der Waals surface area contributed by atoms with Gasteiger partial charge in [0, 0.05) is 19.6 Å². The Labute approximate surface area is 110 Å². The maximum atomic E-state index is 11.8. The first kappa shape index (κ1) is 13.7. The summed E-state index contributed by atoms with van der Waals surface area (Å²) >= 11 is 0. The van der Waals surface area contributed by atoms with Crippen LogP contribution in [0.15, 0.2) is 0 Å². The molecule has 0 spiro atoms. The molecule has 1 saturated carbocycles. The van der Waals surface area contributed by atoms with Crippen LogP contribution in [0.3, 0.4) is 0 Å². The Morgan fingerprint density at radius 1 is 1.17 bits per heavy atom. The molecule has 2 rings (SSSR count). The third-order valence-corrected chi connectivity index (χ3v) is 4.02. The van der Waals surface area contributed by atoms with Crippen LogP contribution >= 0.6 is 0 Å². The Kier molecular flexibility index (Phi) is 5.78. The molecule has 1 aliphatic heterocycles. The molecule has 1 saturated heterocycles. The molecule has 0 aromatic carbocycles. The van der Waals surface area contributed by atoms with Crippen LogP contribution in [-0.2, 0) is 4.74 Å². The smallest absolute Gasteiger partial charge is 0.339 e. The van der Waals surface area contributed by atoms with E-state index < -0.39 is 0 Å². The van der Waals surface area contributed by atoms with Crippen molar-refractivity contribution in [1.29, 1.82) is 0 Å². The van der Waals surface area contributed by atoms with Crippen LogP contribution in [-0.4, -0.2) is 43.8 Å². The second-order valence-electron chi connectivity index (χ2n) is 5.41. The van der Waals surface area contributed by atoms with E-state index in [1.807, 2.05) is 0 Å². The van der Waals surface area contributed by atoms with Gasteiger partial charge in [-0.25, -0.2) is 10.1 Å². The van der Waals surface area contributed by atoms with E-state index in [0.717, 1.165) is 12.3 Å². The van der Waals surface area contributed by atoms with E-state index in [2.05, 4.69) is 5.32 Å². The normalized spacial score (nSPS) is 21.9. The zero-order chi connectivity index (χ0) is 12.6. The molecule has 0 atom stereocenters. The Bertz CT molecular complexity index is 246.